The van der Waals surface area contributed by atoms with Crippen molar-refractivity contribution in [3.63, 3.8) is 0 Å². The van der Waals surface area contributed by atoms with E-state index in [1.54, 1.807) is 18.3 Å². The van der Waals surface area contributed by atoms with Crippen LogP contribution in [0.5, 0.6) is 0 Å². The van der Waals surface area contributed by atoms with Crippen molar-refractivity contribution in [1.82, 2.24) is 15.2 Å². The Bertz CT molecular complexity index is 600. The molecule has 2 rings (SSSR count). The highest BCUT2D eigenvalue weighted by atomic mass is 16.1. The Morgan fingerprint density at radius 3 is 2.65 bits per heavy atom. The van der Waals surface area contributed by atoms with Gasteiger partial charge in [-0.3, -0.25) is 9.89 Å². The summed E-state index contributed by atoms with van der Waals surface area (Å²) in [5, 5.41) is 9.15. The van der Waals surface area contributed by atoms with Crippen LogP contribution in [0, 0.1) is 0 Å². The second-order valence-electron chi connectivity index (χ2n) is 5.46. The summed E-state index contributed by atoms with van der Waals surface area (Å²) in [5.74, 6) is 5.62. The van der Waals surface area contributed by atoms with Crippen molar-refractivity contribution >= 4 is 17.4 Å². The predicted octanol–water partition coefficient (Wildman–Crippen LogP) is 1.64. The van der Waals surface area contributed by atoms with Crippen LogP contribution in [0.3, 0.4) is 0 Å². The minimum Gasteiger partial charge on any atom is -0.319 e. The van der Waals surface area contributed by atoms with E-state index in [2.05, 4.69) is 25.9 Å². The van der Waals surface area contributed by atoms with E-state index in [4.69, 9.17) is 5.84 Å². The van der Waals surface area contributed by atoms with Gasteiger partial charge in [-0.05, 0) is 12.1 Å². The van der Waals surface area contributed by atoms with Gasteiger partial charge in [-0.1, -0.05) is 20.8 Å². The Kier molecular flexibility index (Phi) is 3.71. The molecular weight excluding hydrogens is 256 g/mol. The lowest BCUT2D eigenvalue weighted by Crippen LogP contribution is -2.20. The van der Waals surface area contributed by atoms with E-state index in [0.29, 0.717) is 17.1 Å². The van der Waals surface area contributed by atoms with Crippen LogP contribution in [-0.4, -0.2) is 21.1 Å². The average Bonchev–Trinajstić information content (AvgIpc) is 2.90. The zero-order valence-corrected chi connectivity index (χ0v) is 11.7. The van der Waals surface area contributed by atoms with Gasteiger partial charge in [0.25, 0.3) is 5.91 Å². The fourth-order valence-electron chi connectivity index (χ4n) is 1.64. The molecule has 5 N–H and O–H groups in total. The monoisotopic (exact) mass is 274 g/mol. The first-order valence-electron chi connectivity index (χ1n) is 6.19. The van der Waals surface area contributed by atoms with Crippen LogP contribution in [0.2, 0.25) is 0 Å². The van der Waals surface area contributed by atoms with Crippen molar-refractivity contribution in [3.05, 3.63) is 35.8 Å². The third-order valence-electron chi connectivity index (χ3n) is 2.76. The summed E-state index contributed by atoms with van der Waals surface area (Å²) < 4.78 is 0. The smallest absolute Gasteiger partial charge is 0.255 e. The minimum absolute atomic E-state index is 0.183. The summed E-state index contributed by atoms with van der Waals surface area (Å²) in [6.07, 6.45) is 3.14. The largest absolute Gasteiger partial charge is 0.319 e. The van der Waals surface area contributed by atoms with Crippen LogP contribution in [0.1, 0.15) is 36.8 Å². The lowest BCUT2D eigenvalue weighted by Gasteiger charge is -2.19. The SMILES string of the molecule is CC(C)(C)c1cc(C(=O)Nc2cn[nH]c2)cc(NN)n1. The Hall–Kier alpha value is -2.41. The molecule has 0 atom stereocenters. The van der Waals surface area contributed by atoms with Crippen molar-refractivity contribution in [2.24, 2.45) is 5.84 Å². The number of carbonyl (C=O) groups is 1. The number of nitrogen functional groups attached to an aromatic ring is 1. The van der Waals surface area contributed by atoms with Crippen LogP contribution >= 0.6 is 0 Å². The molecule has 0 spiro atoms. The molecule has 0 aliphatic rings. The first-order chi connectivity index (χ1) is 9.40. The first kappa shape index (κ1) is 14.0. The van der Waals surface area contributed by atoms with Crippen molar-refractivity contribution in [1.29, 1.82) is 0 Å². The highest BCUT2D eigenvalue weighted by Gasteiger charge is 2.19. The third-order valence-corrected chi connectivity index (χ3v) is 2.76. The molecule has 7 heteroatoms. The number of amides is 1. The molecule has 0 fully saturated rings. The number of nitrogens with zero attached hydrogens (tertiary/aromatic N) is 2. The molecule has 0 aliphatic carbocycles. The van der Waals surface area contributed by atoms with Gasteiger partial charge in [0.2, 0.25) is 0 Å². The molecule has 2 aromatic heterocycles. The van der Waals surface area contributed by atoms with Crippen LogP contribution in [0.15, 0.2) is 24.5 Å². The van der Waals surface area contributed by atoms with Crippen LogP contribution in [0.25, 0.3) is 0 Å². The van der Waals surface area contributed by atoms with E-state index >= 15 is 0 Å². The molecule has 0 saturated heterocycles. The number of nitrogens with one attached hydrogen (secondary N) is 3. The number of hydrogen-bond donors (Lipinski definition) is 4. The molecule has 2 heterocycles. The van der Waals surface area contributed by atoms with E-state index in [-0.39, 0.29) is 11.3 Å². The number of aromatic nitrogens is 3. The van der Waals surface area contributed by atoms with E-state index in [1.807, 2.05) is 20.8 Å². The summed E-state index contributed by atoms with van der Waals surface area (Å²) in [6, 6.07) is 3.36. The van der Waals surface area contributed by atoms with E-state index in [1.165, 1.54) is 6.20 Å². The summed E-state index contributed by atoms with van der Waals surface area (Å²) in [4.78, 5) is 16.6. The molecule has 1 amide bonds. The molecule has 2 aromatic rings. The van der Waals surface area contributed by atoms with Gasteiger partial charge >= 0.3 is 0 Å². The van der Waals surface area contributed by atoms with E-state index < -0.39 is 0 Å². The molecular formula is C13H18N6O. The van der Waals surface area contributed by atoms with Gasteiger partial charge in [-0.15, -0.1) is 0 Å². The van der Waals surface area contributed by atoms with Crippen LogP contribution in [0.4, 0.5) is 11.5 Å². The number of hydrogen-bond acceptors (Lipinski definition) is 5. The van der Waals surface area contributed by atoms with Crippen molar-refractivity contribution in [2.45, 2.75) is 26.2 Å². The Labute approximate surface area is 117 Å². The van der Waals surface area contributed by atoms with Gasteiger partial charge in [0.1, 0.15) is 5.82 Å². The van der Waals surface area contributed by atoms with Gasteiger partial charge in [0.05, 0.1) is 11.9 Å². The van der Waals surface area contributed by atoms with Gasteiger partial charge in [-0.2, -0.15) is 5.10 Å². The number of anilines is 2. The lowest BCUT2D eigenvalue weighted by molar-refractivity contribution is 0.102. The maximum Gasteiger partial charge on any atom is 0.255 e. The van der Waals surface area contributed by atoms with Gasteiger partial charge in [0.15, 0.2) is 0 Å². The third kappa shape index (κ3) is 3.12. The molecule has 0 aliphatic heterocycles. The standard InChI is InChI=1S/C13H18N6O/c1-13(2,3)10-4-8(5-11(18-10)19-14)12(20)17-9-6-15-16-7-9/h4-7H,14H2,1-3H3,(H,15,16)(H,17,20)(H,18,19). The highest BCUT2D eigenvalue weighted by molar-refractivity contribution is 6.04. The fraction of sp³-hybridized carbons (Fsp3) is 0.308. The number of rotatable bonds is 3. The number of H-pyrrole nitrogens is 1. The molecule has 106 valence electrons. The van der Waals surface area contributed by atoms with E-state index in [9.17, 15) is 4.79 Å². The second kappa shape index (κ2) is 5.30. The summed E-state index contributed by atoms with van der Waals surface area (Å²) >= 11 is 0. The Morgan fingerprint density at radius 1 is 1.35 bits per heavy atom. The Balaban J connectivity index is 2.33. The Morgan fingerprint density at radius 2 is 2.10 bits per heavy atom. The second-order valence-corrected chi connectivity index (χ2v) is 5.46. The summed E-state index contributed by atoms with van der Waals surface area (Å²) in [5.41, 5.74) is 4.17. The van der Waals surface area contributed by atoms with Gasteiger partial charge in [-0.25, -0.2) is 10.8 Å². The maximum atomic E-state index is 12.2. The molecule has 0 aromatic carbocycles. The number of nitrogens with two attached hydrogens (primary N) is 1. The lowest BCUT2D eigenvalue weighted by atomic mass is 9.90. The molecule has 0 bridgehead atoms. The van der Waals surface area contributed by atoms with E-state index in [0.717, 1.165) is 5.69 Å². The average molecular weight is 274 g/mol. The van der Waals surface area contributed by atoms with Gasteiger partial charge in [0, 0.05) is 22.9 Å². The topological polar surface area (TPSA) is 109 Å². The predicted molar refractivity (Wildman–Crippen MR) is 77.3 cm³/mol. The zero-order chi connectivity index (χ0) is 14.8. The van der Waals surface area contributed by atoms with Crippen LogP contribution < -0.4 is 16.6 Å². The molecule has 0 saturated carbocycles. The van der Waals surface area contributed by atoms with Gasteiger partial charge < -0.3 is 10.7 Å². The number of aromatic amines is 1. The van der Waals surface area contributed by atoms with Crippen molar-refractivity contribution in [3.8, 4) is 0 Å². The number of pyridine rings is 1. The normalized spacial score (nSPS) is 11.2. The maximum absolute atomic E-state index is 12.2. The van der Waals surface area contributed by atoms with Crippen molar-refractivity contribution < 1.29 is 4.79 Å². The fourth-order valence-corrected chi connectivity index (χ4v) is 1.64. The quantitative estimate of drug-likeness (QED) is 0.502. The first-order valence-corrected chi connectivity index (χ1v) is 6.19. The number of carbonyl (C=O) groups excluding carboxylic acids is 1. The van der Waals surface area contributed by atoms with Crippen molar-refractivity contribution in [2.75, 3.05) is 10.7 Å². The number of hydrazine groups is 1. The van der Waals surface area contributed by atoms with Crippen LogP contribution in [-0.2, 0) is 5.41 Å². The summed E-state index contributed by atoms with van der Waals surface area (Å²) in [6.45, 7) is 6.06. The summed E-state index contributed by atoms with van der Waals surface area (Å²) in [7, 11) is 0. The molecule has 0 radical (unpaired) electrons. The molecule has 0 unspecified atom stereocenters. The minimum atomic E-state index is -0.240. The highest BCUT2D eigenvalue weighted by Crippen LogP contribution is 2.23. The zero-order valence-electron chi connectivity index (χ0n) is 11.7. The molecule has 20 heavy (non-hydrogen) atoms. The molecule has 7 nitrogen and oxygen atoms in total.